The van der Waals surface area contributed by atoms with Crippen LogP contribution in [0.1, 0.15) is 45.4 Å². The summed E-state index contributed by atoms with van der Waals surface area (Å²) in [5, 5.41) is 4.66. The van der Waals surface area contributed by atoms with Gasteiger partial charge in [-0.1, -0.05) is 6.42 Å². The number of nitrogens with one attached hydrogen (secondary N) is 1. The SMILES string of the molecule is CC1(CC2CCCS2)CCCCN1. The fourth-order valence-corrected chi connectivity index (χ4v) is 4.09. The summed E-state index contributed by atoms with van der Waals surface area (Å²) in [4.78, 5) is 0. The maximum atomic E-state index is 3.71. The van der Waals surface area contributed by atoms with Crippen molar-refractivity contribution in [2.24, 2.45) is 0 Å². The first kappa shape index (κ1) is 9.85. The number of rotatable bonds is 2. The Labute approximate surface area is 86.0 Å². The van der Waals surface area contributed by atoms with E-state index in [1.807, 2.05) is 0 Å². The van der Waals surface area contributed by atoms with Gasteiger partial charge in [0.05, 0.1) is 0 Å². The van der Waals surface area contributed by atoms with Gasteiger partial charge in [-0.3, -0.25) is 0 Å². The molecular weight excluding hydrogens is 178 g/mol. The average Bonchev–Trinajstić information content (AvgIpc) is 2.57. The Kier molecular flexibility index (Phi) is 3.20. The van der Waals surface area contributed by atoms with Gasteiger partial charge >= 0.3 is 0 Å². The molecule has 0 aromatic rings. The lowest BCUT2D eigenvalue weighted by atomic mass is 9.86. The summed E-state index contributed by atoms with van der Waals surface area (Å²) in [6.07, 6.45) is 8.52. The monoisotopic (exact) mass is 199 g/mol. The van der Waals surface area contributed by atoms with Gasteiger partial charge in [-0.2, -0.15) is 11.8 Å². The molecule has 2 aliphatic heterocycles. The third-order valence-corrected chi connectivity index (χ3v) is 4.81. The van der Waals surface area contributed by atoms with Crippen LogP contribution in [-0.4, -0.2) is 23.1 Å². The lowest BCUT2D eigenvalue weighted by Gasteiger charge is -2.36. The van der Waals surface area contributed by atoms with Crippen molar-refractivity contribution >= 4 is 11.8 Å². The average molecular weight is 199 g/mol. The molecule has 13 heavy (non-hydrogen) atoms. The highest BCUT2D eigenvalue weighted by molar-refractivity contribution is 8.00. The van der Waals surface area contributed by atoms with E-state index in [-0.39, 0.29) is 0 Å². The largest absolute Gasteiger partial charge is 0.311 e. The lowest BCUT2D eigenvalue weighted by Crippen LogP contribution is -2.47. The van der Waals surface area contributed by atoms with Crippen LogP contribution in [0.15, 0.2) is 0 Å². The topological polar surface area (TPSA) is 12.0 Å². The highest BCUT2D eigenvalue weighted by Crippen LogP contribution is 2.35. The van der Waals surface area contributed by atoms with Crippen molar-refractivity contribution in [3.63, 3.8) is 0 Å². The Hall–Kier alpha value is 0.310. The maximum absolute atomic E-state index is 3.71. The fourth-order valence-electron chi connectivity index (χ4n) is 2.60. The van der Waals surface area contributed by atoms with E-state index >= 15 is 0 Å². The summed E-state index contributed by atoms with van der Waals surface area (Å²) in [5.41, 5.74) is 0.472. The van der Waals surface area contributed by atoms with Crippen molar-refractivity contribution in [1.29, 1.82) is 0 Å². The van der Waals surface area contributed by atoms with Crippen LogP contribution in [-0.2, 0) is 0 Å². The Morgan fingerprint density at radius 3 is 2.92 bits per heavy atom. The molecular formula is C11H21NS. The van der Waals surface area contributed by atoms with Gasteiger partial charge in [-0.25, -0.2) is 0 Å². The first-order valence-electron chi connectivity index (χ1n) is 5.65. The second kappa shape index (κ2) is 4.22. The number of piperidine rings is 1. The highest BCUT2D eigenvalue weighted by Gasteiger charge is 2.30. The molecule has 0 bridgehead atoms. The smallest absolute Gasteiger partial charge is 0.0163 e. The van der Waals surface area contributed by atoms with Crippen LogP contribution in [0.25, 0.3) is 0 Å². The van der Waals surface area contributed by atoms with Crippen molar-refractivity contribution in [3.8, 4) is 0 Å². The van der Waals surface area contributed by atoms with E-state index in [1.54, 1.807) is 0 Å². The van der Waals surface area contributed by atoms with Gasteiger partial charge in [0.1, 0.15) is 0 Å². The first-order valence-corrected chi connectivity index (χ1v) is 6.70. The van der Waals surface area contributed by atoms with E-state index < -0.39 is 0 Å². The Balaban J connectivity index is 1.83. The summed E-state index contributed by atoms with van der Waals surface area (Å²) in [7, 11) is 0. The maximum Gasteiger partial charge on any atom is 0.0163 e. The van der Waals surface area contributed by atoms with Crippen LogP contribution < -0.4 is 5.32 Å². The van der Waals surface area contributed by atoms with Crippen molar-refractivity contribution in [2.45, 2.75) is 56.2 Å². The third-order valence-electron chi connectivity index (χ3n) is 3.41. The van der Waals surface area contributed by atoms with Crippen LogP contribution in [0.2, 0.25) is 0 Å². The van der Waals surface area contributed by atoms with Gasteiger partial charge in [-0.05, 0) is 51.3 Å². The lowest BCUT2D eigenvalue weighted by molar-refractivity contribution is 0.258. The van der Waals surface area contributed by atoms with E-state index in [9.17, 15) is 0 Å². The van der Waals surface area contributed by atoms with Crippen molar-refractivity contribution in [2.75, 3.05) is 12.3 Å². The molecule has 1 N–H and O–H groups in total. The first-order chi connectivity index (χ1) is 6.29. The zero-order chi connectivity index (χ0) is 9.15. The molecule has 2 saturated heterocycles. The molecule has 2 heterocycles. The Morgan fingerprint density at radius 2 is 2.31 bits per heavy atom. The van der Waals surface area contributed by atoms with Crippen LogP contribution in [0.3, 0.4) is 0 Å². The minimum atomic E-state index is 0.472. The van der Waals surface area contributed by atoms with Crippen molar-refractivity contribution in [1.82, 2.24) is 5.32 Å². The van der Waals surface area contributed by atoms with E-state index in [4.69, 9.17) is 0 Å². The third kappa shape index (κ3) is 2.63. The zero-order valence-electron chi connectivity index (χ0n) is 8.64. The molecule has 0 aromatic carbocycles. The van der Waals surface area contributed by atoms with Crippen LogP contribution in [0.5, 0.6) is 0 Å². The predicted molar refractivity (Wildman–Crippen MR) is 60.4 cm³/mol. The molecule has 2 heteroatoms. The summed E-state index contributed by atoms with van der Waals surface area (Å²) in [5.74, 6) is 1.40. The fraction of sp³-hybridized carbons (Fsp3) is 1.00. The summed E-state index contributed by atoms with van der Waals surface area (Å²) < 4.78 is 0. The molecule has 0 aliphatic carbocycles. The predicted octanol–water partition coefficient (Wildman–Crippen LogP) is 2.80. The van der Waals surface area contributed by atoms with E-state index in [0.717, 1.165) is 5.25 Å². The molecule has 0 spiro atoms. The standard InChI is InChI=1S/C11H21NS/c1-11(6-2-3-7-12-11)9-10-5-4-8-13-10/h10,12H,2-9H2,1H3. The van der Waals surface area contributed by atoms with E-state index in [1.165, 1.54) is 50.8 Å². The van der Waals surface area contributed by atoms with Crippen LogP contribution >= 0.6 is 11.8 Å². The summed E-state index contributed by atoms with van der Waals surface area (Å²) in [6.45, 7) is 3.67. The second-order valence-corrected chi connectivity index (χ2v) is 6.19. The molecule has 2 unspecified atom stereocenters. The van der Waals surface area contributed by atoms with Crippen molar-refractivity contribution < 1.29 is 0 Å². The van der Waals surface area contributed by atoms with Crippen molar-refractivity contribution in [3.05, 3.63) is 0 Å². The van der Waals surface area contributed by atoms with Crippen LogP contribution in [0, 0.1) is 0 Å². The van der Waals surface area contributed by atoms with Gasteiger partial charge < -0.3 is 5.32 Å². The summed E-state index contributed by atoms with van der Waals surface area (Å²) >= 11 is 2.19. The normalized spacial score (nSPS) is 40.8. The number of hydrogen-bond donors (Lipinski definition) is 1. The molecule has 2 fully saturated rings. The summed E-state index contributed by atoms with van der Waals surface area (Å²) in [6, 6.07) is 0. The quantitative estimate of drug-likeness (QED) is 0.734. The van der Waals surface area contributed by atoms with Gasteiger partial charge in [0.15, 0.2) is 0 Å². The minimum Gasteiger partial charge on any atom is -0.311 e. The highest BCUT2D eigenvalue weighted by atomic mass is 32.2. The molecule has 0 radical (unpaired) electrons. The molecule has 0 aromatic heterocycles. The Morgan fingerprint density at radius 1 is 1.38 bits per heavy atom. The minimum absolute atomic E-state index is 0.472. The molecule has 2 rings (SSSR count). The molecule has 2 atom stereocenters. The van der Waals surface area contributed by atoms with Gasteiger partial charge in [-0.15, -0.1) is 0 Å². The van der Waals surface area contributed by atoms with E-state index in [2.05, 4.69) is 24.0 Å². The van der Waals surface area contributed by atoms with Gasteiger partial charge in [0, 0.05) is 10.8 Å². The second-order valence-electron chi connectivity index (χ2n) is 4.78. The van der Waals surface area contributed by atoms with Gasteiger partial charge in [0.25, 0.3) is 0 Å². The molecule has 2 aliphatic rings. The molecule has 0 saturated carbocycles. The zero-order valence-corrected chi connectivity index (χ0v) is 9.46. The Bertz CT molecular complexity index is 157. The number of thioether (sulfide) groups is 1. The molecule has 76 valence electrons. The number of hydrogen-bond acceptors (Lipinski definition) is 2. The van der Waals surface area contributed by atoms with Crippen LogP contribution in [0.4, 0.5) is 0 Å². The van der Waals surface area contributed by atoms with Gasteiger partial charge in [0.2, 0.25) is 0 Å². The molecule has 1 nitrogen and oxygen atoms in total. The molecule has 0 amide bonds. The van der Waals surface area contributed by atoms with E-state index in [0.29, 0.717) is 5.54 Å².